The molecule has 0 N–H and O–H groups in total. The summed E-state index contributed by atoms with van der Waals surface area (Å²) in [7, 11) is 0. The summed E-state index contributed by atoms with van der Waals surface area (Å²) in [4.78, 5) is 8.81. The van der Waals surface area contributed by atoms with Gasteiger partial charge in [0.25, 0.3) is 0 Å². The van der Waals surface area contributed by atoms with Crippen molar-refractivity contribution in [2.45, 2.75) is 25.7 Å². The third-order valence-electron chi connectivity index (χ3n) is 1.42. The number of hydrogen-bond donors (Lipinski definition) is 0. The van der Waals surface area contributed by atoms with Gasteiger partial charge in [0.15, 0.2) is 0 Å². The van der Waals surface area contributed by atoms with Crippen molar-refractivity contribution in [3.8, 4) is 0 Å². The highest BCUT2D eigenvalue weighted by atomic mass is 17.4. The highest BCUT2D eigenvalue weighted by Gasteiger charge is 2.29. The van der Waals surface area contributed by atoms with E-state index in [9.17, 15) is 0 Å². The Morgan fingerprint density at radius 1 is 1.56 bits per heavy atom. The smallest absolute Gasteiger partial charge is 0.371 e. The lowest BCUT2D eigenvalue weighted by Crippen LogP contribution is -1.91. The lowest BCUT2D eigenvalue weighted by Gasteiger charge is -1.96. The summed E-state index contributed by atoms with van der Waals surface area (Å²) in [6.45, 7) is -0.394. The van der Waals surface area contributed by atoms with E-state index in [1.165, 1.54) is 6.42 Å². The zero-order valence-electron chi connectivity index (χ0n) is 5.00. The molecule has 0 radical (unpaired) electrons. The van der Waals surface area contributed by atoms with Gasteiger partial charge in [-0.3, -0.25) is 0 Å². The van der Waals surface area contributed by atoms with Crippen LogP contribution in [0, 0.1) is 0 Å². The Bertz CT molecular complexity index is 137. The van der Waals surface area contributed by atoms with Crippen LogP contribution in [0.25, 0.3) is 0 Å². The monoisotopic (exact) mass is 128 g/mol. The van der Waals surface area contributed by atoms with Gasteiger partial charge >= 0.3 is 6.48 Å². The molecule has 0 aromatic heterocycles. The minimum Gasteiger partial charge on any atom is -0.443 e. The van der Waals surface area contributed by atoms with E-state index in [1.807, 2.05) is 0 Å². The third kappa shape index (κ3) is 1.23. The zero-order chi connectivity index (χ0) is 6.10. The van der Waals surface area contributed by atoms with Crippen molar-refractivity contribution in [1.29, 1.82) is 0 Å². The zero-order valence-corrected chi connectivity index (χ0v) is 5.00. The van der Waals surface area contributed by atoms with Crippen LogP contribution in [0.4, 0.5) is 0 Å². The molecule has 1 aliphatic carbocycles. The molecule has 0 aromatic carbocycles. The highest BCUT2D eigenvalue weighted by Crippen LogP contribution is 2.24. The van der Waals surface area contributed by atoms with Crippen molar-refractivity contribution in [2.24, 2.45) is 0 Å². The molecule has 0 unspecified atom stereocenters. The van der Waals surface area contributed by atoms with Crippen LogP contribution in [0.3, 0.4) is 0 Å². The van der Waals surface area contributed by atoms with Crippen molar-refractivity contribution in [3.05, 3.63) is 11.8 Å². The van der Waals surface area contributed by atoms with Gasteiger partial charge in [0, 0.05) is 6.42 Å². The van der Waals surface area contributed by atoms with Crippen LogP contribution in [-0.4, -0.2) is 6.48 Å². The summed E-state index contributed by atoms with van der Waals surface area (Å²) >= 11 is 0. The van der Waals surface area contributed by atoms with Gasteiger partial charge in [-0.2, -0.15) is 9.78 Å². The molecule has 0 saturated carbocycles. The number of ether oxygens (including phenoxy) is 1. The quantitative estimate of drug-likeness (QED) is 0.415. The lowest BCUT2D eigenvalue weighted by molar-refractivity contribution is 0.0850. The highest BCUT2D eigenvalue weighted by molar-refractivity contribution is 4.99. The number of allylic oxidation sites excluding steroid dienone is 2. The van der Waals surface area contributed by atoms with Gasteiger partial charge in [-0.1, -0.05) is 0 Å². The predicted molar refractivity (Wildman–Crippen MR) is 29.0 cm³/mol. The van der Waals surface area contributed by atoms with Crippen LogP contribution in [-0.2, 0) is 14.5 Å². The van der Waals surface area contributed by atoms with E-state index >= 15 is 0 Å². The van der Waals surface area contributed by atoms with E-state index in [2.05, 4.69) is 15.9 Å². The summed E-state index contributed by atoms with van der Waals surface area (Å²) < 4.78 is 5.14. The van der Waals surface area contributed by atoms with Crippen LogP contribution >= 0.6 is 0 Å². The first-order valence-corrected chi connectivity index (χ1v) is 3.13. The normalized spacial score (nSPS) is 26.0. The van der Waals surface area contributed by atoms with Crippen molar-refractivity contribution in [3.63, 3.8) is 0 Å². The fourth-order valence-corrected chi connectivity index (χ4v) is 0.934. The molecule has 0 aromatic rings. The van der Waals surface area contributed by atoms with Crippen molar-refractivity contribution < 1.29 is 14.5 Å². The van der Waals surface area contributed by atoms with Gasteiger partial charge < -0.3 is 4.74 Å². The molecular formula is C6H8O3. The minimum absolute atomic E-state index is 0.394. The molecule has 1 heterocycles. The molecular weight excluding hydrogens is 120 g/mol. The molecule has 50 valence electrons. The van der Waals surface area contributed by atoms with E-state index in [0.29, 0.717) is 0 Å². The van der Waals surface area contributed by atoms with Crippen LogP contribution < -0.4 is 0 Å². The second-order valence-corrected chi connectivity index (χ2v) is 2.16. The molecule has 2 rings (SSSR count). The SMILES string of the molecule is C1=C(OC2OO2)CCC1. The lowest BCUT2D eigenvalue weighted by atomic mass is 10.4. The molecule has 1 saturated heterocycles. The van der Waals surface area contributed by atoms with Crippen LogP contribution in [0.1, 0.15) is 19.3 Å². The molecule has 2 aliphatic rings. The summed E-state index contributed by atoms with van der Waals surface area (Å²) in [5.74, 6) is 1.01. The summed E-state index contributed by atoms with van der Waals surface area (Å²) in [6, 6.07) is 0. The van der Waals surface area contributed by atoms with E-state index in [4.69, 9.17) is 4.74 Å². The maximum Gasteiger partial charge on any atom is 0.371 e. The van der Waals surface area contributed by atoms with Crippen LogP contribution in [0.5, 0.6) is 0 Å². The third-order valence-corrected chi connectivity index (χ3v) is 1.42. The minimum atomic E-state index is -0.394. The van der Waals surface area contributed by atoms with E-state index in [1.54, 1.807) is 0 Å². The maximum absolute atomic E-state index is 5.14. The van der Waals surface area contributed by atoms with Gasteiger partial charge in [-0.05, 0) is 18.9 Å². The summed E-state index contributed by atoms with van der Waals surface area (Å²) in [5, 5.41) is 0. The largest absolute Gasteiger partial charge is 0.443 e. The van der Waals surface area contributed by atoms with E-state index < -0.39 is 6.48 Å². The van der Waals surface area contributed by atoms with Gasteiger partial charge in [-0.15, -0.1) is 0 Å². The Hall–Kier alpha value is -0.540. The van der Waals surface area contributed by atoms with E-state index in [0.717, 1.165) is 18.6 Å². The van der Waals surface area contributed by atoms with Crippen LogP contribution in [0.2, 0.25) is 0 Å². The molecule has 1 aliphatic heterocycles. The van der Waals surface area contributed by atoms with Crippen molar-refractivity contribution in [2.75, 3.05) is 0 Å². The Balaban J connectivity index is 1.82. The topological polar surface area (TPSA) is 34.3 Å². The average molecular weight is 128 g/mol. The van der Waals surface area contributed by atoms with Gasteiger partial charge in [-0.25, -0.2) is 0 Å². The molecule has 0 bridgehead atoms. The van der Waals surface area contributed by atoms with Crippen molar-refractivity contribution in [1.82, 2.24) is 0 Å². The van der Waals surface area contributed by atoms with E-state index in [-0.39, 0.29) is 0 Å². The maximum atomic E-state index is 5.14. The van der Waals surface area contributed by atoms with Crippen molar-refractivity contribution >= 4 is 0 Å². The molecule has 0 amide bonds. The first-order chi connectivity index (χ1) is 4.45. The summed E-state index contributed by atoms with van der Waals surface area (Å²) in [5.41, 5.74) is 0. The fourth-order valence-electron chi connectivity index (χ4n) is 0.934. The molecule has 3 heteroatoms. The molecule has 0 spiro atoms. The first kappa shape index (κ1) is 5.26. The van der Waals surface area contributed by atoms with Gasteiger partial charge in [0.1, 0.15) is 0 Å². The molecule has 0 atom stereocenters. The van der Waals surface area contributed by atoms with Gasteiger partial charge in [0.05, 0.1) is 5.76 Å². The summed E-state index contributed by atoms with van der Waals surface area (Å²) in [6.07, 6.45) is 5.43. The van der Waals surface area contributed by atoms with Gasteiger partial charge in [0.2, 0.25) is 0 Å². The Morgan fingerprint density at radius 2 is 2.44 bits per heavy atom. The number of rotatable bonds is 2. The molecule has 3 nitrogen and oxygen atoms in total. The standard InChI is InChI=1S/C6H8O3/c1-2-4-5(3-1)7-6-8-9-6/h3,6H,1-2,4H2. The first-order valence-electron chi connectivity index (χ1n) is 3.13. The molecule has 1 fully saturated rings. The Labute approximate surface area is 53.1 Å². The average Bonchev–Trinajstić information content (AvgIpc) is 2.46. The predicted octanol–water partition coefficient (Wildman–Crippen LogP) is 1.32. The Kier molecular flexibility index (Phi) is 1.17. The second kappa shape index (κ2) is 2.01. The fraction of sp³-hybridized carbons (Fsp3) is 0.667. The molecule has 9 heavy (non-hydrogen) atoms. The second-order valence-electron chi connectivity index (χ2n) is 2.16. The number of hydrogen-bond acceptors (Lipinski definition) is 3. The van der Waals surface area contributed by atoms with Crippen LogP contribution in [0.15, 0.2) is 11.8 Å². The Morgan fingerprint density at radius 3 is 3.00 bits per heavy atom.